The molecule has 6 nitrogen and oxygen atoms in total. The van der Waals surface area contributed by atoms with Gasteiger partial charge in [0.1, 0.15) is 5.60 Å². The van der Waals surface area contributed by atoms with Crippen molar-refractivity contribution in [1.29, 1.82) is 0 Å². The number of carbonyl (C=O) groups is 2. The average Bonchev–Trinajstić information content (AvgIpc) is 2.44. The van der Waals surface area contributed by atoms with Crippen LogP contribution < -0.4 is 10.2 Å². The molecule has 1 unspecified atom stereocenters. The number of nitrogens with one attached hydrogen (secondary N) is 1. The molecule has 1 aromatic heterocycles. The molecule has 1 N–H and O–H groups in total. The van der Waals surface area contributed by atoms with Crippen LogP contribution in [0, 0.1) is 0 Å². The van der Waals surface area contributed by atoms with Crippen LogP contribution in [-0.2, 0) is 16.0 Å². The molecule has 0 fully saturated rings. The van der Waals surface area contributed by atoms with Crippen LogP contribution in [-0.4, -0.2) is 35.7 Å². The Balaban J connectivity index is 2.95. The van der Waals surface area contributed by atoms with Crippen LogP contribution in [0.1, 0.15) is 33.4 Å². The first-order chi connectivity index (χ1) is 10.7. The molecule has 6 heteroatoms. The van der Waals surface area contributed by atoms with Crippen molar-refractivity contribution in [3.05, 3.63) is 36.7 Å². The number of rotatable bonds is 5. The number of amides is 2. The fraction of sp³-hybridized carbons (Fsp3) is 0.471. The summed E-state index contributed by atoms with van der Waals surface area (Å²) in [4.78, 5) is 29.3. The fourth-order valence-corrected chi connectivity index (χ4v) is 1.92. The summed E-state index contributed by atoms with van der Waals surface area (Å²) in [5.41, 5.74) is 0.540. The SMILES string of the molecule is C=CC(Cc1ccc(N(C(C)=O)C(=O)OC(C)(C)C)cn1)NC. The number of hydrogen-bond donors (Lipinski definition) is 1. The van der Waals surface area contributed by atoms with Crippen molar-refractivity contribution in [2.45, 2.75) is 45.8 Å². The van der Waals surface area contributed by atoms with Gasteiger partial charge in [-0.05, 0) is 40.0 Å². The first-order valence-corrected chi connectivity index (χ1v) is 7.46. The third-order valence-electron chi connectivity index (χ3n) is 3.04. The average molecular weight is 319 g/mol. The van der Waals surface area contributed by atoms with Crippen molar-refractivity contribution in [2.24, 2.45) is 0 Å². The zero-order valence-corrected chi connectivity index (χ0v) is 14.4. The third kappa shape index (κ3) is 5.83. The molecule has 0 spiro atoms. The molecule has 0 aliphatic heterocycles. The molecule has 0 bridgehead atoms. The predicted molar refractivity (Wildman–Crippen MR) is 90.4 cm³/mol. The quantitative estimate of drug-likeness (QED) is 0.845. The Kier molecular flexibility index (Phi) is 6.45. The van der Waals surface area contributed by atoms with Gasteiger partial charge in [0, 0.05) is 25.1 Å². The molecule has 0 radical (unpaired) electrons. The zero-order valence-electron chi connectivity index (χ0n) is 14.4. The van der Waals surface area contributed by atoms with Gasteiger partial charge in [-0.15, -0.1) is 6.58 Å². The van der Waals surface area contributed by atoms with Crippen molar-refractivity contribution >= 4 is 17.7 Å². The molecule has 1 aromatic rings. The number of ether oxygens (including phenoxy) is 1. The summed E-state index contributed by atoms with van der Waals surface area (Å²) in [6.07, 6.45) is 3.26. The standard InChI is InChI=1S/C17H25N3O3/c1-7-13(18-6)10-14-8-9-15(11-19-14)20(12(2)21)16(22)23-17(3,4)5/h7-9,11,13,18H,1,10H2,2-6H3. The van der Waals surface area contributed by atoms with E-state index in [9.17, 15) is 9.59 Å². The lowest BCUT2D eigenvalue weighted by atomic mass is 10.1. The summed E-state index contributed by atoms with van der Waals surface area (Å²) in [5, 5.41) is 3.10. The number of hydrogen-bond acceptors (Lipinski definition) is 5. The lowest BCUT2D eigenvalue weighted by Crippen LogP contribution is -2.39. The van der Waals surface area contributed by atoms with E-state index in [-0.39, 0.29) is 6.04 Å². The summed E-state index contributed by atoms with van der Waals surface area (Å²) in [5.74, 6) is -0.423. The Hall–Kier alpha value is -2.21. The largest absolute Gasteiger partial charge is 0.443 e. The molecular weight excluding hydrogens is 294 g/mol. The van der Waals surface area contributed by atoms with E-state index in [0.29, 0.717) is 12.1 Å². The number of pyridine rings is 1. The van der Waals surface area contributed by atoms with E-state index in [0.717, 1.165) is 10.6 Å². The van der Waals surface area contributed by atoms with E-state index in [1.807, 2.05) is 7.05 Å². The van der Waals surface area contributed by atoms with Gasteiger partial charge in [-0.1, -0.05) is 6.08 Å². The van der Waals surface area contributed by atoms with Gasteiger partial charge in [-0.25, -0.2) is 9.69 Å². The number of carbonyl (C=O) groups excluding carboxylic acids is 2. The molecule has 126 valence electrons. The van der Waals surface area contributed by atoms with Gasteiger partial charge in [0.2, 0.25) is 5.91 Å². The summed E-state index contributed by atoms with van der Waals surface area (Å²) < 4.78 is 5.26. The maximum Gasteiger partial charge on any atom is 0.421 e. The van der Waals surface area contributed by atoms with Crippen LogP contribution in [0.2, 0.25) is 0 Å². The molecule has 0 aliphatic rings. The maximum absolute atomic E-state index is 12.2. The first kappa shape index (κ1) is 18.8. The van der Waals surface area contributed by atoms with Crippen molar-refractivity contribution < 1.29 is 14.3 Å². The zero-order chi connectivity index (χ0) is 17.6. The maximum atomic E-state index is 12.2. The second kappa shape index (κ2) is 7.87. The number of imide groups is 1. The number of anilines is 1. The van der Waals surface area contributed by atoms with Crippen LogP contribution in [0.15, 0.2) is 31.0 Å². The molecule has 23 heavy (non-hydrogen) atoms. The molecule has 0 aliphatic carbocycles. The minimum Gasteiger partial charge on any atom is -0.443 e. The van der Waals surface area contributed by atoms with Crippen molar-refractivity contribution in [3.63, 3.8) is 0 Å². The van der Waals surface area contributed by atoms with Gasteiger partial charge < -0.3 is 10.1 Å². The molecular formula is C17H25N3O3. The Labute approximate surface area is 137 Å². The van der Waals surface area contributed by atoms with Crippen LogP contribution in [0.5, 0.6) is 0 Å². The van der Waals surface area contributed by atoms with E-state index >= 15 is 0 Å². The first-order valence-electron chi connectivity index (χ1n) is 7.46. The molecule has 0 saturated heterocycles. The van der Waals surface area contributed by atoms with Gasteiger partial charge in [0.25, 0.3) is 0 Å². The van der Waals surface area contributed by atoms with Gasteiger partial charge in [-0.3, -0.25) is 9.78 Å². The lowest BCUT2D eigenvalue weighted by molar-refractivity contribution is -0.116. The second-order valence-corrected chi connectivity index (χ2v) is 6.18. The summed E-state index contributed by atoms with van der Waals surface area (Å²) in [7, 11) is 1.85. The lowest BCUT2D eigenvalue weighted by Gasteiger charge is -2.25. The van der Waals surface area contributed by atoms with Gasteiger partial charge in [-0.2, -0.15) is 0 Å². The fourth-order valence-electron chi connectivity index (χ4n) is 1.92. The van der Waals surface area contributed by atoms with Crippen LogP contribution in [0.25, 0.3) is 0 Å². The molecule has 0 saturated carbocycles. The number of likely N-dealkylation sites (N-methyl/N-ethyl adjacent to an activating group) is 1. The summed E-state index contributed by atoms with van der Waals surface area (Å²) in [6.45, 7) is 10.3. The van der Waals surface area contributed by atoms with Crippen LogP contribution >= 0.6 is 0 Å². The highest BCUT2D eigenvalue weighted by Crippen LogP contribution is 2.18. The Morgan fingerprint density at radius 3 is 2.48 bits per heavy atom. The Morgan fingerprint density at radius 1 is 1.43 bits per heavy atom. The number of nitrogens with zero attached hydrogens (tertiary/aromatic N) is 2. The summed E-state index contributed by atoms with van der Waals surface area (Å²) >= 11 is 0. The molecule has 1 atom stereocenters. The van der Waals surface area contributed by atoms with E-state index in [1.165, 1.54) is 13.1 Å². The smallest absolute Gasteiger partial charge is 0.421 e. The summed E-state index contributed by atoms with van der Waals surface area (Å²) in [6, 6.07) is 3.58. The number of aromatic nitrogens is 1. The van der Waals surface area contributed by atoms with E-state index in [4.69, 9.17) is 4.74 Å². The van der Waals surface area contributed by atoms with Gasteiger partial charge in [0.15, 0.2) is 0 Å². The van der Waals surface area contributed by atoms with E-state index < -0.39 is 17.6 Å². The van der Waals surface area contributed by atoms with Crippen LogP contribution in [0.4, 0.5) is 10.5 Å². The van der Waals surface area contributed by atoms with Crippen molar-refractivity contribution in [3.8, 4) is 0 Å². The normalized spacial score (nSPS) is 12.4. The predicted octanol–water partition coefficient (Wildman–Crippen LogP) is 2.69. The Bertz CT molecular complexity index is 561. The van der Waals surface area contributed by atoms with Crippen LogP contribution in [0.3, 0.4) is 0 Å². The van der Waals surface area contributed by atoms with Gasteiger partial charge >= 0.3 is 6.09 Å². The minimum atomic E-state index is -0.709. The van der Waals surface area contributed by atoms with E-state index in [2.05, 4.69) is 16.9 Å². The molecule has 1 heterocycles. The van der Waals surface area contributed by atoms with Crippen molar-refractivity contribution in [1.82, 2.24) is 10.3 Å². The third-order valence-corrected chi connectivity index (χ3v) is 3.04. The second-order valence-electron chi connectivity index (χ2n) is 6.18. The van der Waals surface area contributed by atoms with E-state index in [1.54, 1.807) is 39.0 Å². The molecule has 1 rings (SSSR count). The van der Waals surface area contributed by atoms with Crippen molar-refractivity contribution in [2.75, 3.05) is 11.9 Å². The molecule has 2 amide bonds. The topological polar surface area (TPSA) is 71.5 Å². The highest BCUT2D eigenvalue weighted by molar-refractivity contribution is 6.11. The van der Waals surface area contributed by atoms with Gasteiger partial charge in [0.05, 0.1) is 11.9 Å². The molecule has 0 aromatic carbocycles. The minimum absolute atomic E-state index is 0.114. The highest BCUT2D eigenvalue weighted by atomic mass is 16.6. The monoisotopic (exact) mass is 319 g/mol. The Morgan fingerprint density at radius 2 is 2.09 bits per heavy atom. The highest BCUT2D eigenvalue weighted by Gasteiger charge is 2.26.